The number of carboxylic acid groups (broad SMARTS) is 1. The van der Waals surface area contributed by atoms with E-state index in [9.17, 15) is 9.59 Å². The maximum Gasteiger partial charge on any atom is 0.338 e. The number of urea groups is 1. The molecular weight excluding hydrogens is 188 g/mol. The number of hydrogen-bond donors (Lipinski definition) is 3. The third-order valence-corrected chi connectivity index (χ3v) is 2.18. The third-order valence-electron chi connectivity index (χ3n) is 2.18. The Labute approximate surface area is 81.6 Å². The first-order valence-corrected chi connectivity index (χ1v) is 4.32. The van der Waals surface area contributed by atoms with Crippen molar-refractivity contribution in [3.05, 3.63) is 0 Å². The predicted octanol–water partition coefficient (Wildman–Crippen LogP) is 0.100. The zero-order valence-corrected chi connectivity index (χ0v) is 8.16. The minimum atomic E-state index is -1.13. The van der Waals surface area contributed by atoms with Crippen molar-refractivity contribution in [3.63, 3.8) is 0 Å². The molecule has 1 rings (SSSR count). The second kappa shape index (κ2) is 3.83. The first-order valence-electron chi connectivity index (χ1n) is 4.32. The highest BCUT2D eigenvalue weighted by Gasteiger charge is 2.46. The van der Waals surface area contributed by atoms with Gasteiger partial charge in [-0.25, -0.2) is 15.1 Å². The van der Waals surface area contributed by atoms with Crippen LogP contribution >= 0.6 is 0 Å². The molecule has 0 aromatic rings. The summed E-state index contributed by atoms with van der Waals surface area (Å²) >= 11 is 0. The average molecular weight is 202 g/mol. The molecule has 0 spiro atoms. The molecule has 80 valence electrons. The van der Waals surface area contributed by atoms with Crippen molar-refractivity contribution in [1.82, 2.24) is 10.8 Å². The first kappa shape index (κ1) is 10.8. The van der Waals surface area contributed by atoms with Crippen LogP contribution in [0.5, 0.6) is 0 Å². The quantitative estimate of drug-likeness (QED) is 0.564. The highest BCUT2D eigenvalue weighted by Crippen LogP contribution is 2.44. The number of hydroxylamine groups is 1. The van der Waals surface area contributed by atoms with Gasteiger partial charge in [-0.2, -0.15) is 0 Å². The SMILES string of the molecule is CC1(C)CC1NC(=O)NOCC(=O)O. The second-order valence-corrected chi connectivity index (χ2v) is 4.00. The number of carboxylic acids is 1. The lowest BCUT2D eigenvalue weighted by Crippen LogP contribution is -2.39. The Morgan fingerprint density at radius 2 is 2.14 bits per heavy atom. The summed E-state index contributed by atoms with van der Waals surface area (Å²) in [6, 6.07) is -0.349. The lowest BCUT2D eigenvalue weighted by molar-refractivity contribution is -0.144. The molecule has 2 amide bonds. The minimum Gasteiger partial charge on any atom is -0.479 e. The largest absolute Gasteiger partial charge is 0.479 e. The van der Waals surface area contributed by atoms with Crippen LogP contribution in [-0.4, -0.2) is 29.8 Å². The van der Waals surface area contributed by atoms with Gasteiger partial charge in [0.2, 0.25) is 0 Å². The Bertz CT molecular complexity index is 252. The number of carbonyl (C=O) groups excluding carboxylic acids is 1. The highest BCUT2D eigenvalue weighted by molar-refractivity contribution is 5.74. The van der Waals surface area contributed by atoms with E-state index in [1.54, 1.807) is 0 Å². The van der Waals surface area contributed by atoms with E-state index >= 15 is 0 Å². The Morgan fingerprint density at radius 3 is 2.57 bits per heavy atom. The zero-order chi connectivity index (χ0) is 10.8. The topological polar surface area (TPSA) is 87.7 Å². The molecule has 0 aromatic carbocycles. The van der Waals surface area contributed by atoms with Crippen LogP contribution in [0.1, 0.15) is 20.3 Å². The van der Waals surface area contributed by atoms with Crippen molar-refractivity contribution in [2.24, 2.45) is 5.41 Å². The molecule has 3 N–H and O–H groups in total. The Kier molecular flexibility index (Phi) is 2.95. The second-order valence-electron chi connectivity index (χ2n) is 4.00. The van der Waals surface area contributed by atoms with Gasteiger partial charge in [-0.3, -0.25) is 4.84 Å². The van der Waals surface area contributed by atoms with Crippen LogP contribution in [0.15, 0.2) is 0 Å². The molecule has 0 aliphatic heterocycles. The van der Waals surface area contributed by atoms with Crippen LogP contribution in [0.4, 0.5) is 4.79 Å². The average Bonchev–Trinajstić information content (AvgIpc) is 2.57. The summed E-state index contributed by atoms with van der Waals surface area (Å²) in [5, 5.41) is 10.9. The van der Waals surface area contributed by atoms with E-state index in [4.69, 9.17) is 5.11 Å². The number of nitrogens with one attached hydrogen (secondary N) is 2. The van der Waals surface area contributed by atoms with Gasteiger partial charge in [0.25, 0.3) is 0 Å². The molecule has 6 heteroatoms. The third kappa shape index (κ3) is 3.21. The van der Waals surface area contributed by atoms with E-state index in [-0.39, 0.29) is 11.5 Å². The fourth-order valence-corrected chi connectivity index (χ4v) is 1.06. The van der Waals surface area contributed by atoms with Gasteiger partial charge in [0.05, 0.1) is 0 Å². The van der Waals surface area contributed by atoms with E-state index in [1.807, 2.05) is 19.3 Å². The van der Waals surface area contributed by atoms with Crippen molar-refractivity contribution in [1.29, 1.82) is 0 Å². The van der Waals surface area contributed by atoms with Crippen LogP contribution in [0, 0.1) is 5.41 Å². The summed E-state index contributed by atoms with van der Waals surface area (Å²) in [5.74, 6) is -1.13. The molecule has 0 heterocycles. The normalized spacial score (nSPS) is 22.6. The monoisotopic (exact) mass is 202 g/mol. The molecule has 0 saturated heterocycles. The molecule has 0 aromatic heterocycles. The maximum absolute atomic E-state index is 11.0. The van der Waals surface area contributed by atoms with Crippen LogP contribution in [0.25, 0.3) is 0 Å². The molecule has 6 nitrogen and oxygen atoms in total. The fourth-order valence-electron chi connectivity index (χ4n) is 1.06. The van der Waals surface area contributed by atoms with Crippen molar-refractivity contribution >= 4 is 12.0 Å². The smallest absolute Gasteiger partial charge is 0.338 e. The molecule has 1 atom stereocenters. The summed E-state index contributed by atoms with van der Waals surface area (Å²) in [6.45, 7) is 3.54. The fraction of sp³-hybridized carbons (Fsp3) is 0.750. The van der Waals surface area contributed by atoms with Gasteiger partial charge in [0.15, 0.2) is 6.61 Å². The molecule has 0 radical (unpaired) electrons. The molecule has 1 saturated carbocycles. The summed E-state index contributed by atoms with van der Waals surface area (Å²) in [6.07, 6.45) is 0.930. The Morgan fingerprint density at radius 1 is 1.57 bits per heavy atom. The van der Waals surface area contributed by atoms with Gasteiger partial charge in [-0.1, -0.05) is 13.8 Å². The van der Waals surface area contributed by atoms with Gasteiger partial charge >= 0.3 is 12.0 Å². The summed E-state index contributed by atoms with van der Waals surface area (Å²) in [7, 11) is 0. The Balaban J connectivity index is 2.09. The summed E-state index contributed by atoms with van der Waals surface area (Å²) < 4.78 is 0. The lowest BCUT2D eigenvalue weighted by atomic mass is 10.2. The molecule has 1 aliphatic carbocycles. The van der Waals surface area contributed by atoms with Crippen molar-refractivity contribution in [3.8, 4) is 0 Å². The predicted molar refractivity (Wildman–Crippen MR) is 47.4 cm³/mol. The van der Waals surface area contributed by atoms with E-state index in [0.717, 1.165) is 6.42 Å². The van der Waals surface area contributed by atoms with Gasteiger partial charge in [-0.15, -0.1) is 0 Å². The molecule has 0 bridgehead atoms. The van der Waals surface area contributed by atoms with E-state index in [0.29, 0.717) is 0 Å². The van der Waals surface area contributed by atoms with Crippen molar-refractivity contribution < 1.29 is 19.5 Å². The van der Waals surface area contributed by atoms with Crippen LogP contribution in [0.3, 0.4) is 0 Å². The van der Waals surface area contributed by atoms with Crippen LogP contribution in [0.2, 0.25) is 0 Å². The number of carbonyl (C=O) groups is 2. The van der Waals surface area contributed by atoms with E-state index in [2.05, 4.69) is 10.2 Å². The van der Waals surface area contributed by atoms with Gasteiger partial charge < -0.3 is 10.4 Å². The standard InChI is InChI=1S/C8H14N2O4/c1-8(2)3-5(8)9-7(13)10-14-4-6(11)12/h5H,3-4H2,1-2H3,(H,11,12)(H2,9,10,13). The van der Waals surface area contributed by atoms with Crippen LogP contribution in [-0.2, 0) is 9.63 Å². The maximum atomic E-state index is 11.0. The summed E-state index contributed by atoms with van der Waals surface area (Å²) in [5.41, 5.74) is 2.14. The number of amides is 2. The van der Waals surface area contributed by atoms with Crippen molar-refractivity contribution in [2.75, 3.05) is 6.61 Å². The first-order chi connectivity index (χ1) is 6.42. The summed E-state index contributed by atoms with van der Waals surface area (Å²) in [4.78, 5) is 25.4. The van der Waals surface area contributed by atoms with Gasteiger partial charge in [0.1, 0.15) is 0 Å². The molecule has 1 unspecified atom stereocenters. The lowest BCUT2D eigenvalue weighted by Gasteiger charge is -2.07. The van der Waals surface area contributed by atoms with Crippen molar-refractivity contribution in [2.45, 2.75) is 26.3 Å². The van der Waals surface area contributed by atoms with E-state index in [1.165, 1.54) is 0 Å². The molecule has 1 fully saturated rings. The molecule has 1 aliphatic rings. The molecular formula is C8H14N2O4. The highest BCUT2D eigenvalue weighted by atomic mass is 16.7. The number of aliphatic carboxylic acids is 1. The minimum absolute atomic E-state index is 0.143. The van der Waals surface area contributed by atoms with Gasteiger partial charge in [0, 0.05) is 6.04 Å². The Hall–Kier alpha value is -1.30. The van der Waals surface area contributed by atoms with Crippen LogP contribution < -0.4 is 10.8 Å². The van der Waals surface area contributed by atoms with E-state index < -0.39 is 18.6 Å². The zero-order valence-electron chi connectivity index (χ0n) is 8.16. The molecule has 14 heavy (non-hydrogen) atoms. The number of hydrogen-bond acceptors (Lipinski definition) is 3. The number of rotatable bonds is 4. The van der Waals surface area contributed by atoms with Gasteiger partial charge in [-0.05, 0) is 11.8 Å².